The van der Waals surface area contributed by atoms with Gasteiger partial charge in [-0.3, -0.25) is 14.6 Å². The van der Waals surface area contributed by atoms with Crippen LogP contribution in [0.1, 0.15) is 26.7 Å². The van der Waals surface area contributed by atoms with Gasteiger partial charge in [0.25, 0.3) is 0 Å². The molecule has 2 fully saturated rings. The molecule has 0 aliphatic carbocycles. The van der Waals surface area contributed by atoms with Gasteiger partial charge in [0.2, 0.25) is 5.91 Å². The maximum atomic E-state index is 11.7. The van der Waals surface area contributed by atoms with Crippen molar-refractivity contribution >= 4 is 5.91 Å². The zero-order chi connectivity index (χ0) is 11.5. The number of amides is 1. The SMILES string of the molecule is CC(C)N1CCN(C2CCCNC2=O)CC1. The Morgan fingerprint density at radius 3 is 2.50 bits per heavy atom. The van der Waals surface area contributed by atoms with Crippen molar-refractivity contribution in [1.82, 2.24) is 15.1 Å². The van der Waals surface area contributed by atoms with Gasteiger partial charge in [-0.15, -0.1) is 0 Å². The molecule has 2 aliphatic rings. The molecule has 0 aromatic heterocycles. The van der Waals surface area contributed by atoms with E-state index in [9.17, 15) is 4.79 Å². The molecule has 0 saturated carbocycles. The highest BCUT2D eigenvalue weighted by molar-refractivity contribution is 5.82. The first kappa shape index (κ1) is 11.9. The van der Waals surface area contributed by atoms with Crippen LogP contribution < -0.4 is 5.32 Å². The normalized spacial score (nSPS) is 29.4. The fourth-order valence-electron chi connectivity index (χ4n) is 2.67. The average Bonchev–Trinajstić information content (AvgIpc) is 2.30. The molecule has 2 heterocycles. The first-order valence-electron chi connectivity index (χ1n) is 6.44. The first-order valence-corrected chi connectivity index (χ1v) is 6.44. The fraction of sp³-hybridized carbons (Fsp3) is 0.917. The van der Waals surface area contributed by atoms with Crippen molar-refractivity contribution in [3.63, 3.8) is 0 Å². The Labute approximate surface area is 98.0 Å². The lowest BCUT2D eigenvalue weighted by Gasteiger charge is -2.41. The molecule has 4 nitrogen and oxygen atoms in total. The summed E-state index contributed by atoms with van der Waals surface area (Å²) >= 11 is 0. The van der Waals surface area contributed by atoms with E-state index in [1.165, 1.54) is 0 Å². The number of piperidine rings is 1. The monoisotopic (exact) mass is 225 g/mol. The smallest absolute Gasteiger partial charge is 0.237 e. The molecule has 0 bridgehead atoms. The molecule has 1 amide bonds. The number of hydrogen-bond donors (Lipinski definition) is 1. The molecule has 1 N–H and O–H groups in total. The molecule has 0 radical (unpaired) electrons. The van der Waals surface area contributed by atoms with E-state index < -0.39 is 0 Å². The van der Waals surface area contributed by atoms with E-state index >= 15 is 0 Å². The van der Waals surface area contributed by atoms with Crippen LogP contribution in [-0.2, 0) is 4.79 Å². The number of rotatable bonds is 2. The third-order valence-corrected chi connectivity index (χ3v) is 3.78. The van der Waals surface area contributed by atoms with E-state index in [1.54, 1.807) is 0 Å². The Hall–Kier alpha value is -0.610. The van der Waals surface area contributed by atoms with Gasteiger partial charge < -0.3 is 5.32 Å². The molecular formula is C12H23N3O. The molecule has 0 aromatic carbocycles. The van der Waals surface area contributed by atoms with Crippen molar-refractivity contribution in [3.05, 3.63) is 0 Å². The van der Waals surface area contributed by atoms with Gasteiger partial charge in [-0.1, -0.05) is 0 Å². The second kappa shape index (κ2) is 5.15. The summed E-state index contributed by atoms with van der Waals surface area (Å²) in [7, 11) is 0. The third-order valence-electron chi connectivity index (χ3n) is 3.78. The van der Waals surface area contributed by atoms with Crippen LogP contribution in [0, 0.1) is 0 Å². The molecule has 16 heavy (non-hydrogen) atoms. The average molecular weight is 225 g/mol. The van der Waals surface area contributed by atoms with Crippen LogP contribution >= 0.6 is 0 Å². The summed E-state index contributed by atoms with van der Waals surface area (Å²) in [4.78, 5) is 16.6. The van der Waals surface area contributed by atoms with Gasteiger partial charge in [0.1, 0.15) is 0 Å². The Bertz CT molecular complexity index is 247. The minimum atomic E-state index is 0.142. The van der Waals surface area contributed by atoms with Crippen LogP contribution in [0.25, 0.3) is 0 Å². The molecule has 1 unspecified atom stereocenters. The topological polar surface area (TPSA) is 35.6 Å². The highest BCUT2D eigenvalue weighted by Gasteiger charge is 2.30. The van der Waals surface area contributed by atoms with Gasteiger partial charge in [-0.05, 0) is 26.7 Å². The maximum Gasteiger partial charge on any atom is 0.237 e. The van der Waals surface area contributed by atoms with Gasteiger partial charge in [0.15, 0.2) is 0 Å². The van der Waals surface area contributed by atoms with Crippen molar-refractivity contribution in [2.24, 2.45) is 0 Å². The van der Waals surface area contributed by atoms with Crippen molar-refractivity contribution in [1.29, 1.82) is 0 Å². The van der Waals surface area contributed by atoms with Crippen LogP contribution in [0.2, 0.25) is 0 Å². The molecule has 2 saturated heterocycles. The summed E-state index contributed by atoms with van der Waals surface area (Å²) in [6, 6.07) is 0.769. The molecule has 0 aromatic rings. The van der Waals surface area contributed by atoms with Gasteiger partial charge >= 0.3 is 0 Å². The van der Waals surface area contributed by atoms with Crippen LogP contribution in [-0.4, -0.2) is 60.5 Å². The number of hydrogen-bond acceptors (Lipinski definition) is 3. The molecular weight excluding hydrogens is 202 g/mol. The van der Waals surface area contributed by atoms with E-state index in [2.05, 4.69) is 29.0 Å². The summed E-state index contributed by atoms with van der Waals surface area (Å²) < 4.78 is 0. The molecule has 1 atom stereocenters. The standard InChI is InChI=1S/C12H23N3O/c1-10(2)14-6-8-15(9-7-14)11-4-3-5-13-12(11)16/h10-11H,3-9H2,1-2H3,(H,13,16). The highest BCUT2D eigenvalue weighted by Crippen LogP contribution is 2.15. The minimum absolute atomic E-state index is 0.142. The van der Waals surface area contributed by atoms with Crippen LogP contribution in [0.5, 0.6) is 0 Å². The highest BCUT2D eigenvalue weighted by atomic mass is 16.2. The van der Waals surface area contributed by atoms with Gasteiger partial charge in [0, 0.05) is 38.8 Å². The molecule has 4 heteroatoms. The molecule has 92 valence electrons. The Kier molecular flexibility index (Phi) is 3.82. The minimum Gasteiger partial charge on any atom is -0.355 e. The first-order chi connectivity index (χ1) is 7.68. The predicted molar refractivity (Wildman–Crippen MR) is 64.3 cm³/mol. The Balaban J connectivity index is 1.86. The van der Waals surface area contributed by atoms with Crippen LogP contribution in [0.15, 0.2) is 0 Å². The van der Waals surface area contributed by atoms with Crippen molar-refractivity contribution in [2.75, 3.05) is 32.7 Å². The van der Waals surface area contributed by atoms with E-state index in [0.29, 0.717) is 6.04 Å². The Morgan fingerprint density at radius 2 is 1.94 bits per heavy atom. The summed E-state index contributed by atoms with van der Waals surface area (Å²) in [6.45, 7) is 9.61. The lowest BCUT2D eigenvalue weighted by molar-refractivity contribution is -0.129. The lowest BCUT2D eigenvalue weighted by Crippen LogP contribution is -2.57. The summed E-state index contributed by atoms with van der Waals surface area (Å²) in [6.07, 6.45) is 2.16. The van der Waals surface area contributed by atoms with Gasteiger partial charge in [0.05, 0.1) is 6.04 Å². The van der Waals surface area contributed by atoms with Crippen LogP contribution in [0.3, 0.4) is 0 Å². The zero-order valence-corrected chi connectivity index (χ0v) is 10.4. The number of nitrogens with zero attached hydrogens (tertiary/aromatic N) is 2. The van der Waals surface area contributed by atoms with Crippen molar-refractivity contribution in [3.8, 4) is 0 Å². The lowest BCUT2D eigenvalue weighted by atomic mass is 10.0. The summed E-state index contributed by atoms with van der Waals surface area (Å²) in [5.41, 5.74) is 0. The molecule has 0 spiro atoms. The van der Waals surface area contributed by atoms with Crippen molar-refractivity contribution in [2.45, 2.75) is 38.8 Å². The molecule has 2 aliphatic heterocycles. The number of piperazine rings is 1. The van der Waals surface area contributed by atoms with Gasteiger partial charge in [-0.2, -0.15) is 0 Å². The van der Waals surface area contributed by atoms with Gasteiger partial charge in [-0.25, -0.2) is 0 Å². The van der Waals surface area contributed by atoms with Crippen LogP contribution in [0.4, 0.5) is 0 Å². The predicted octanol–water partition coefficient (Wildman–Crippen LogP) is 0.291. The van der Waals surface area contributed by atoms with Crippen molar-refractivity contribution < 1.29 is 4.79 Å². The second-order valence-corrected chi connectivity index (χ2v) is 5.11. The quantitative estimate of drug-likeness (QED) is 0.734. The number of carbonyl (C=O) groups is 1. The van der Waals surface area contributed by atoms with E-state index in [1.807, 2.05) is 0 Å². The molecule has 2 rings (SSSR count). The largest absolute Gasteiger partial charge is 0.355 e. The number of nitrogens with one attached hydrogen (secondary N) is 1. The maximum absolute atomic E-state index is 11.7. The third kappa shape index (κ3) is 2.55. The second-order valence-electron chi connectivity index (χ2n) is 5.11. The van der Waals surface area contributed by atoms with E-state index in [-0.39, 0.29) is 11.9 Å². The number of carbonyl (C=O) groups excluding carboxylic acids is 1. The zero-order valence-electron chi connectivity index (χ0n) is 10.4. The summed E-state index contributed by atoms with van der Waals surface area (Å²) in [5.74, 6) is 0.240. The van der Waals surface area contributed by atoms with E-state index in [4.69, 9.17) is 0 Å². The van der Waals surface area contributed by atoms with E-state index in [0.717, 1.165) is 45.6 Å². The Morgan fingerprint density at radius 1 is 1.25 bits per heavy atom. The fourth-order valence-corrected chi connectivity index (χ4v) is 2.67. The summed E-state index contributed by atoms with van der Waals surface area (Å²) in [5, 5.41) is 2.97.